The van der Waals surface area contributed by atoms with E-state index in [0.29, 0.717) is 0 Å². The van der Waals surface area contributed by atoms with E-state index in [1.54, 1.807) is 14.2 Å². The maximum Gasteiger partial charge on any atom is 0.176 e. The standard InChI is InChI=1S/C14H24N2O2/c1-11(14(17-4)18-5)15-13-9-7-6-8-12(13)10-16(2)3/h6-9,11,14-15H,10H2,1-5H3. The lowest BCUT2D eigenvalue weighted by Gasteiger charge is -2.25. The molecule has 0 fully saturated rings. The van der Waals surface area contributed by atoms with Crippen molar-refractivity contribution in [3.63, 3.8) is 0 Å². The summed E-state index contributed by atoms with van der Waals surface area (Å²) in [5.41, 5.74) is 2.39. The van der Waals surface area contributed by atoms with E-state index < -0.39 is 0 Å². The highest BCUT2D eigenvalue weighted by molar-refractivity contribution is 5.51. The number of nitrogens with zero attached hydrogens (tertiary/aromatic N) is 1. The predicted molar refractivity (Wildman–Crippen MR) is 74.7 cm³/mol. The van der Waals surface area contributed by atoms with Crippen LogP contribution in [0.1, 0.15) is 12.5 Å². The van der Waals surface area contributed by atoms with Crippen LogP contribution in [-0.4, -0.2) is 45.5 Å². The maximum absolute atomic E-state index is 5.26. The Kier molecular flexibility index (Phi) is 6.12. The molecule has 0 saturated carbocycles. The molecule has 0 aromatic heterocycles. The molecule has 0 heterocycles. The van der Waals surface area contributed by atoms with Gasteiger partial charge in [-0.3, -0.25) is 0 Å². The van der Waals surface area contributed by atoms with Crippen molar-refractivity contribution in [2.45, 2.75) is 25.8 Å². The first-order valence-corrected chi connectivity index (χ1v) is 6.13. The van der Waals surface area contributed by atoms with E-state index in [1.165, 1.54) is 5.56 Å². The number of hydrogen-bond donors (Lipinski definition) is 1. The normalized spacial score (nSPS) is 13.1. The van der Waals surface area contributed by atoms with E-state index >= 15 is 0 Å². The second-order valence-electron chi connectivity index (χ2n) is 4.67. The summed E-state index contributed by atoms with van der Waals surface area (Å²) in [4.78, 5) is 2.15. The molecule has 0 aliphatic carbocycles. The van der Waals surface area contributed by atoms with Crippen LogP contribution >= 0.6 is 0 Å². The van der Waals surface area contributed by atoms with Crippen LogP contribution in [0.4, 0.5) is 5.69 Å². The minimum absolute atomic E-state index is 0.0864. The average molecular weight is 252 g/mol. The topological polar surface area (TPSA) is 33.7 Å². The van der Waals surface area contributed by atoms with Crippen LogP contribution in [0.15, 0.2) is 24.3 Å². The Hall–Kier alpha value is -1.10. The lowest BCUT2D eigenvalue weighted by atomic mass is 10.1. The Balaban J connectivity index is 2.77. The Morgan fingerprint density at radius 2 is 1.78 bits per heavy atom. The second-order valence-corrected chi connectivity index (χ2v) is 4.67. The van der Waals surface area contributed by atoms with Crippen LogP contribution in [0.2, 0.25) is 0 Å². The van der Waals surface area contributed by atoms with Crippen LogP contribution in [0.3, 0.4) is 0 Å². The number of benzene rings is 1. The fourth-order valence-corrected chi connectivity index (χ4v) is 1.96. The highest BCUT2D eigenvalue weighted by Gasteiger charge is 2.16. The van der Waals surface area contributed by atoms with Crippen LogP contribution in [0.25, 0.3) is 0 Å². The van der Waals surface area contributed by atoms with Gasteiger partial charge in [0.05, 0.1) is 6.04 Å². The Morgan fingerprint density at radius 1 is 1.17 bits per heavy atom. The van der Waals surface area contributed by atoms with E-state index in [9.17, 15) is 0 Å². The van der Waals surface area contributed by atoms with Crippen LogP contribution in [0, 0.1) is 0 Å². The number of hydrogen-bond acceptors (Lipinski definition) is 4. The highest BCUT2D eigenvalue weighted by atomic mass is 16.7. The van der Waals surface area contributed by atoms with Crippen LogP contribution in [0.5, 0.6) is 0 Å². The molecule has 0 bridgehead atoms. The van der Waals surface area contributed by atoms with Gasteiger partial charge in [0.1, 0.15) is 0 Å². The number of ether oxygens (including phenoxy) is 2. The van der Waals surface area contributed by atoms with Crippen molar-refractivity contribution in [3.8, 4) is 0 Å². The molecule has 1 rings (SSSR count). The van der Waals surface area contributed by atoms with Gasteiger partial charge in [0.25, 0.3) is 0 Å². The molecule has 102 valence electrons. The van der Waals surface area contributed by atoms with Gasteiger partial charge >= 0.3 is 0 Å². The minimum atomic E-state index is -0.252. The van der Waals surface area contributed by atoms with Gasteiger partial charge in [0.15, 0.2) is 6.29 Å². The first kappa shape index (κ1) is 15.0. The first-order valence-electron chi connectivity index (χ1n) is 6.13. The number of anilines is 1. The molecule has 0 saturated heterocycles. The monoisotopic (exact) mass is 252 g/mol. The number of methoxy groups -OCH3 is 2. The lowest BCUT2D eigenvalue weighted by Crippen LogP contribution is -2.34. The molecule has 1 aromatic carbocycles. The fraction of sp³-hybridized carbons (Fsp3) is 0.571. The molecule has 0 amide bonds. The average Bonchev–Trinajstić information content (AvgIpc) is 2.32. The zero-order valence-electron chi connectivity index (χ0n) is 11.9. The summed E-state index contributed by atoms with van der Waals surface area (Å²) in [5, 5.41) is 3.44. The van der Waals surface area contributed by atoms with Crippen molar-refractivity contribution < 1.29 is 9.47 Å². The maximum atomic E-state index is 5.26. The van der Waals surface area contributed by atoms with Crippen molar-refractivity contribution in [2.24, 2.45) is 0 Å². The van der Waals surface area contributed by atoms with Crippen LogP contribution < -0.4 is 5.32 Å². The Bertz CT molecular complexity index is 351. The van der Waals surface area contributed by atoms with E-state index in [1.807, 2.05) is 13.0 Å². The van der Waals surface area contributed by atoms with Gasteiger partial charge in [-0.25, -0.2) is 0 Å². The molecule has 0 radical (unpaired) electrons. The smallest absolute Gasteiger partial charge is 0.176 e. The SMILES string of the molecule is COC(OC)C(C)Nc1ccccc1CN(C)C. The summed E-state index contributed by atoms with van der Waals surface area (Å²) >= 11 is 0. The van der Waals surface area contributed by atoms with E-state index in [-0.39, 0.29) is 12.3 Å². The van der Waals surface area contributed by atoms with E-state index in [0.717, 1.165) is 12.2 Å². The zero-order chi connectivity index (χ0) is 13.5. The Morgan fingerprint density at radius 3 is 2.33 bits per heavy atom. The van der Waals surface area contributed by atoms with Crippen molar-refractivity contribution in [2.75, 3.05) is 33.6 Å². The van der Waals surface area contributed by atoms with Crippen molar-refractivity contribution in [1.82, 2.24) is 4.90 Å². The quantitative estimate of drug-likeness (QED) is 0.754. The van der Waals surface area contributed by atoms with Gasteiger partial charge in [-0.05, 0) is 32.6 Å². The summed E-state index contributed by atoms with van der Waals surface area (Å²) in [7, 11) is 7.43. The van der Waals surface area contributed by atoms with Crippen molar-refractivity contribution in [3.05, 3.63) is 29.8 Å². The molecule has 4 nitrogen and oxygen atoms in total. The summed E-state index contributed by atoms with van der Waals surface area (Å²) in [6.07, 6.45) is -0.252. The van der Waals surface area contributed by atoms with Gasteiger partial charge in [-0.15, -0.1) is 0 Å². The summed E-state index contributed by atoms with van der Waals surface area (Å²) in [6, 6.07) is 8.38. The minimum Gasteiger partial charge on any atom is -0.377 e. The molecule has 0 spiro atoms. The molecule has 1 N–H and O–H groups in total. The summed E-state index contributed by atoms with van der Waals surface area (Å²) in [5.74, 6) is 0. The first-order chi connectivity index (χ1) is 8.58. The van der Waals surface area contributed by atoms with E-state index in [2.05, 4.69) is 42.5 Å². The second kappa shape index (κ2) is 7.36. The number of rotatable bonds is 7. The molecule has 18 heavy (non-hydrogen) atoms. The fourth-order valence-electron chi connectivity index (χ4n) is 1.96. The van der Waals surface area contributed by atoms with Crippen molar-refractivity contribution >= 4 is 5.69 Å². The van der Waals surface area contributed by atoms with Crippen LogP contribution in [-0.2, 0) is 16.0 Å². The van der Waals surface area contributed by atoms with Gasteiger partial charge in [0, 0.05) is 26.5 Å². The van der Waals surface area contributed by atoms with Gasteiger partial charge < -0.3 is 19.7 Å². The third-order valence-electron chi connectivity index (χ3n) is 2.76. The molecule has 1 atom stereocenters. The van der Waals surface area contributed by atoms with Gasteiger partial charge in [-0.1, -0.05) is 18.2 Å². The lowest BCUT2D eigenvalue weighted by molar-refractivity contribution is -0.109. The summed E-state index contributed by atoms with van der Waals surface area (Å²) < 4.78 is 10.5. The largest absolute Gasteiger partial charge is 0.377 e. The molecular formula is C14H24N2O2. The highest BCUT2D eigenvalue weighted by Crippen LogP contribution is 2.18. The predicted octanol–water partition coefficient (Wildman–Crippen LogP) is 2.17. The van der Waals surface area contributed by atoms with Gasteiger partial charge in [-0.2, -0.15) is 0 Å². The Labute approximate surface area is 110 Å². The third-order valence-corrected chi connectivity index (χ3v) is 2.76. The molecule has 0 aliphatic heterocycles. The third kappa shape index (κ3) is 4.29. The molecular weight excluding hydrogens is 228 g/mol. The zero-order valence-corrected chi connectivity index (χ0v) is 11.9. The molecule has 4 heteroatoms. The van der Waals surface area contributed by atoms with Crippen molar-refractivity contribution in [1.29, 1.82) is 0 Å². The molecule has 0 aliphatic rings. The number of nitrogens with one attached hydrogen (secondary N) is 1. The summed E-state index contributed by atoms with van der Waals surface area (Å²) in [6.45, 7) is 2.95. The van der Waals surface area contributed by atoms with Gasteiger partial charge in [0.2, 0.25) is 0 Å². The number of para-hydroxylation sites is 1. The molecule has 1 unspecified atom stereocenters. The van der Waals surface area contributed by atoms with E-state index in [4.69, 9.17) is 9.47 Å². The molecule has 1 aromatic rings.